The van der Waals surface area contributed by atoms with Crippen molar-refractivity contribution in [1.82, 2.24) is 15.1 Å². The van der Waals surface area contributed by atoms with Crippen molar-refractivity contribution in [3.05, 3.63) is 47.8 Å². The van der Waals surface area contributed by atoms with Crippen molar-refractivity contribution in [3.63, 3.8) is 0 Å². The minimum atomic E-state index is 0.203. The first-order valence-corrected chi connectivity index (χ1v) is 7.71. The molecule has 4 heteroatoms. The molecule has 1 aliphatic heterocycles. The Labute approximate surface area is 126 Å². The zero-order valence-electron chi connectivity index (χ0n) is 12.7. The van der Waals surface area contributed by atoms with E-state index in [9.17, 15) is 0 Å². The lowest BCUT2D eigenvalue weighted by atomic mass is 9.99. The molecule has 1 aromatic heterocycles. The van der Waals surface area contributed by atoms with Crippen molar-refractivity contribution >= 4 is 0 Å². The molecule has 0 saturated heterocycles. The lowest BCUT2D eigenvalue weighted by Gasteiger charge is -2.24. The van der Waals surface area contributed by atoms with Crippen molar-refractivity contribution in [2.24, 2.45) is 7.05 Å². The summed E-state index contributed by atoms with van der Waals surface area (Å²) in [5.41, 5.74) is 2.57. The zero-order valence-corrected chi connectivity index (χ0v) is 12.7. The fraction of sp³-hybridized carbons (Fsp3) is 0.471. The average molecular weight is 285 g/mol. The van der Waals surface area contributed by atoms with E-state index < -0.39 is 0 Å². The molecule has 4 nitrogen and oxygen atoms in total. The molecule has 112 valence electrons. The van der Waals surface area contributed by atoms with E-state index in [-0.39, 0.29) is 6.10 Å². The van der Waals surface area contributed by atoms with Crippen molar-refractivity contribution in [3.8, 4) is 5.75 Å². The molecule has 2 aromatic rings. The third-order valence-electron chi connectivity index (χ3n) is 3.99. The minimum Gasteiger partial charge on any atom is -0.488 e. The Hall–Kier alpha value is -1.81. The maximum atomic E-state index is 6.16. The molecule has 1 aromatic carbocycles. The highest BCUT2D eigenvalue weighted by Gasteiger charge is 2.30. The van der Waals surface area contributed by atoms with E-state index in [1.807, 2.05) is 24.0 Å². The molecule has 0 bridgehead atoms. The molecular formula is C17H23N3O. The van der Waals surface area contributed by atoms with Gasteiger partial charge in [-0.25, -0.2) is 0 Å². The van der Waals surface area contributed by atoms with Crippen LogP contribution in [0.25, 0.3) is 0 Å². The maximum Gasteiger partial charge on any atom is 0.123 e. The number of aryl methyl sites for hydroxylation is 1. The molecule has 2 atom stereocenters. The summed E-state index contributed by atoms with van der Waals surface area (Å²) in [5.74, 6) is 1.04. The number of benzene rings is 1. The summed E-state index contributed by atoms with van der Waals surface area (Å²) < 4.78 is 8.01. The van der Waals surface area contributed by atoms with Crippen LogP contribution < -0.4 is 10.1 Å². The SMILES string of the molecule is CCCNC(Cc1cnn(C)c1)C1Cc2ccccc2O1. The van der Waals surface area contributed by atoms with E-state index in [4.69, 9.17) is 4.74 Å². The highest BCUT2D eigenvalue weighted by Crippen LogP contribution is 2.30. The zero-order chi connectivity index (χ0) is 14.7. The van der Waals surface area contributed by atoms with Crippen LogP contribution in [0, 0.1) is 0 Å². The quantitative estimate of drug-likeness (QED) is 0.885. The third kappa shape index (κ3) is 3.27. The normalized spacial score (nSPS) is 18.3. The van der Waals surface area contributed by atoms with Gasteiger partial charge in [0.05, 0.1) is 6.20 Å². The van der Waals surface area contributed by atoms with Crippen LogP contribution in [-0.4, -0.2) is 28.5 Å². The second-order valence-electron chi connectivity index (χ2n) is 5.76. The highest BCUT2D eigenvalue weighted by molar-refractivity contribution is 5.37. The summed E-state index contributed by atoms with van der Waals surface area (Å²) in [7, 11) is 1.96. The number of nitrogens with zero attached hydrogens (tertiary/aromatic N) is 2. The van der Waals surface area contributed by atoms with Crippen LogP contribution in [0.5, 0.6) is 5.75 Å². The van der Waals surface area contributed by atoms with Crippen LogP contribution in [-0.2, 0) is 19.9 Å². The number of rotatable bonds is 6. The Kier molecular flexibility index (Phi) is 4.25. The van der Waals surface area contributed by atoms with Crippen LogP contribution in [0.1, 0.15) is 24.5 Å². The van der Waals surface area contributed by atoms with E-state index in [1.165, 1.54) is 11.1 Å². The van der Waals surface area contributed by atoms with Gasteiger partial charge in [0.15, 0.2) is 0 Å². The maximum absolute atomic E-state index is 6.16. The predicted molar refractivity (Wildman–Crippen MR) is 83.6 cm³/mol. The molecule has 1 aliphatic rings. The van der Waals surface area contributed by atoms with Gasteiger partial charge in [-0.05, 0) is 36.6 Å². The van der Waals surface area contributed by atoms with E-state index in [1.54, 1.807) is 0 Å². The summed E-state index contributed by atoms with van der Waals surface area (Å²) in [6.45, 7) is 3.21. The average Bonchev–Trinajstić information content (AvgIpc) is 3.09. The van der Waals surface area contributed by atoms with Gasteiger partial charge in [-0.15, -0.1) is 0 Å². The van der Waals surface area contributed by atoms with E-state index in [2.05, 4.69) is 41.7 Å². The lowest BCUT2D eigenvalue weighted by molar-refractivity contribution is 0.177. The molecule has 0 spiro atoms. The van der Waals surface area contributed by atoms with Crippen molar-refractivity contribution < 1.29 is 4.74 Å². The van der Waals surface area contributed by atoms with Crippen LogP contribution in [0.3, 0.4) is 0 Å². The summed E-state index contributed by atoms with van der Waals surface area (Å²) >= 11 is 0. The Morgan fingerprint density at radius 2 is 2.29 bits per heavy atom. The molecule has 1 N–H and O–H groups in total. The molecule has 2 heterocycles. The summed E-state index contributed by atoms with van der Waals surface area (Å²) in [6.07, 6.45) is 7.30. The first-order valence-electron chi connectivity index (χ1n) is 7.71. The largest absolute Gasteiger partial charge is 0.488 e. The standard InChI is InChI=1S/C17H23N3O/c1-3-8-18-15(9-13-11-19-20(2)12-13)17-10-14-6-4-5-7-16(14)21-17/h4-7,11-12,15,17-18H,3,8-10H2,1-2H3. The first-order chi connectivity index (χ1) is 10.3. The van der Waals surface area contributed by atoms with Crippen molar-refractivity contribution in [1.29, 1.82) is 0 Å². The number of hydrogen-bond donors (Lipinski definition) is 1. The summed E-state index contributed by atoms with van der Waals surface area (Å²) in [6, 6.07) is 8.67. The topological polar surface area (TPSA) is 39.1 Å². The number of nitrogens with one attached hydrogen (secondary N) is 1. The molecule has 21 heavy (non-hydrogen) atoms. The number of fused-ring (bicyclic) bond motifs is 1. The van der Waals surface area contributed by atoms with Gasteiger partial charge in [-0.3, -0.25) is 4.68 Å². The Morgan fingerprint density at radius 3 is 3.00 bits per heavy atom. The van der Waals surface area contributed by atoms with Gasteiger partial charge in [0.2, 0.25) is 0 Å². The number of aromatic nitrogens is 2. The van der Waals surface area contributed by atoms with Crippen molar-refractivity contribution in [2.45, 2.75) is 38.3 Å². The van der Waals surface area contributed by atoms with Gasteiger partial charge in [0.1, 0.15) is 11.9 Å². The molecule has 2 unspecified atom stereocenters. The van der Waals surface area contributed by atoms with Gasteiger partial charge < -0.3 is 10.1 Å². The molecule has 0 radical (unpaired) electrons. The van der Waals surface area contributed by atoms with E-state index in [0.717, 1.165) is 31.6 Å². The number of para-hydroxylation sites is 1. The van der Waals surface area contributed by atoms with Gasteiger partial charge in [-0.2, -0.15) is 5.10 Å². The van der Waals surface area contributed by atoms with Crippen LogP contribution in [0.2, 0.25) is 0 Å². The van der Waals surface area contributed by atoms with Crippen molar-refractivity contribution in [2.75, 3.05) is 6.54 Å². The summed E-state index contributed by atoms with van der Waals surface area (Å²) in [5, 5.41) is 7.91. The smallest absolute Gasteiger partial charge is 0.123 e. The number of ether oxygens (including phenoxy) is 1. The fourth-order valence-corrected chi connectivity index (χ4v) is 2.93. The van der Waals surface area contributed by atoms with Gasteiger partial charge in [-0.1, -0.05) is 25.1 Å². The van der Waals surface area contributed by atoms with Crippen LogP contribution in [0.4, 0.5) is 0 Å². The van der Waals surface area contributed by atoms with Gasteiger partial charge >= 0.3 is 0 Å². The molecule has 0 amide bonds. The summed E-state index contributed by atoms with van der Waals surface area (Å²) in [4.78, 5) is 0. The molecular weight excluding hydrogens is 262 g/mol. The van der Waals surface area contributed by atoms with Gasteiger partial charge in [0, 0.05) is 25.7 Å². The highest BCUT2D eigenvalue weighted by atomic mass is 16.5. The second-order valence-corrected chi connectivity index (χ2v) is 5.76. The van der Waals surface area contributed by atoms with E-state index >= 15 is 0 Å². The monoisotopic (exact) mass is 285 g/mol. The second kappa shape index (κ2) is 6.31. The van der Waals surface area contributed by atoms with E-state index in [0.29, 0.717) is 6.04 Å². The minimum absolute atomic E-state index is 0.203. The Balaban J connectivity index is 1.71. The molecule has 0 fully saturated rings. The van der Waals surface area contributed by atoms with Crippen LogP contribution in [0.15, 0.2) is 36.7 Å². The molecule has 3 rings (SSSR count). The molecule has 0 saturated carbocycles. The van der Waals surface area contributed by atoms with Crippen LogP contribution >= 0.6 is 0 Å². The first kappa shape index (κ1) is 14.1. The third-order valence-corrected chi connectivity index (χ3v) is 3.99. The Morgan fingerprint density at radius 1 is 1.43 bits per heavy atom. The molecule has 0 aliphatic carbocycles. The predicted octanol–water partition coefficient (Wildman–Crippen LogP) is 2.33. The van der Waals surface area contributed by atoms with Gasteiger partial charge in [0.25, 0.3) is 0 Å². The Bertz CT molecular complexity index is 568. The number of hydrogen-bond acceptors (Lipinski definition) is 3. The lowest BCUT2D eigenvalue weighted by Crippen LogP contribution is -2.44. The fourth-order valence-electron chi connectivity index (χ4n) is 2.93.